The number of ether oxygens (including phenoxy) is 2. The smallest absolute Gasteiger partial charge is 0.279 e. The van der Waals surface area contributed by atoms with Gasteiger partial charge in [0.25, 0.3) is 5.69 Å². The summed E-state index contributed by atoms with van der Waals surface area (Å²) in [6, 6.07) is 9.05. The van der Waals surface area contributed by atoms with Gasteiger partial charge in [0.05, 0.1) is 30.8 Å². The van der Waals surface area contributed by atoms with Crippen LogP contribution in [0.3, 0.4) is 0 Å². The molecule has 0 spiro atoms. The Balaban J connectivity index is 2.56. The van der Waals surface area contributed by atoms with Crippen molar-refractivity contribution in [3.8, 4) is 11.5 Å². The molecule has 0 bridgehead atoms. The number of benzene rings is 2. The normalized spacial score (nSPS) is 11.8. The molecule has 0 unspecified atom stereocenters. The highest BCUT2D eigenvalue weighted by molar-refractivity contribution is 6.30. The van der Waals surface area contributed by atoms with E-state index in [2.05, 4.69) is 0 Å². The first-order valence-corrected chi connectivity index (χ1v) is 6.69. The SMILES string of the molecule is COc1cc([C@H](O)c2ccc(Cl)cc2)c([N+](=O)[O-])cc1OC. The van der Waals surface area contributed by atoms with Gasteiger partial charge in [-0.2, -0.15) is 0 Å². The van der Waals surface area contributed by atoms with Crippen LogP contribution in [0.4, 0.5) is 5.69 Å². The molecule has 2 rings (SSSR count). The number of hydrogen-bond acceptors (Lipinski definition) is 5. The van der Waals surface area contributed by atoms with Crippen LogP contribution < -0.4 is 9.47 Å². The molecule has 0 saturated heterocycles. The minimum Gasteiger partial charge on any atom is -0.493 e. The number of halogens is 1. The lowest BCUT2D eigenvalue weighted by atomic mass is 9.99. The number of rotatable bonds is 5. The molecule has 0 radical (unpaired) electrons. The van der Waals surface area contributed by atoms with E-state index in [9.17, 15) is 15.2 Å². The maximum atomic E-state index is 11.3. The van der Waals surface area contributed by atoms with Gasteiger partial charge in [-0.15, -0.1) is 0 Å². The van der Waals surface area contributed by atoms with Crippen molar-refractivity contribution in [1.29, 1.82) is 0 Å². The number of aliphatic hydroxyl groups is 1. The van der Waals surface area contributed by atoms with E-state index in [0.29, 0.717) is 16.3 Å². The Morgan fingerprint density at radius 3 is 2.18 bits per heavy atom. The first kappa shape index (κ1) is 16.1. The largest absolute Gasteiger partial charge is 0.493 e. The molecular formula is C15H14ClNO5. The van der Waals surface area contributed by atoms with Gasteiger partial charge in [-0.1, -0.05) is 23.7 Å². The van der Waals surface area contributed by atoms with Gasteiger partial charge in [0, 0.05) is 5.02 Å². The van der Waals surface area contributed by atoms with Crippen LogP contribution in [0.15, 0.2) is 36.4 Å². The van der Waals surface area contributed by atoms with Crippen LogP contribution in [0.5, 0.6) is 11.5 Å². The molecule has 6 nitrogen and oxygen atoms in total. The van der Waals surface area contributed by atoms with E-state index >= 15 is 0 Å². The molecule has 0 heterocycles. The quantitative estimate of drug-likeness (QED) is 0.674. The van der Waals surface area contributed by atoms with Crippen LogP contribution in [0.2, 0.25) is 5.02 Å². The number of hydrogen-bond donors (Lipinski definition) is 1. The van der Waals surface area contributed by atoms with E-state index in [4.69, 9.17) is 21.1 Å². The molecule has 1 N–H and O–H groups in total. The van der Waals surface area contributed by atoms with E-state index in [1.54, 1.807) is 24.3 Å². The summed E-state index contributed by atoms with van der Waals surface area (Å²) in [7, 11) is 2.80. The standard InChI is InChI=1S/C15H14ClNO5/c1-21-13-7-11(12(17(19)20)8-14(13)22-2)15(18)9-3-5-10(16)6-4-9/h3-8,15,18H,1-2H3/t15-/m1/s1. The van der Waals surface area contributed by atoms with Gasteiger partial charge in [-0.3, -0.25) is 10.1 Å². The van der Waals surface area contributed by atoms with Crippen LogP contribution in [-0.4, -0.2) is 24.2 Å². The van der Waals surface area contributed by atoms with Crippen LogP contribution >= 0.6 is 11.6 Å². The maximum absolute atomic E-state index is 11.3. The fourth-order valence-corrected chi connectivity index (χ4v) is 2.21. The summed E-state index contributed by atoms with van der Waals surface area (Å²) in [5.74, 6) is 0.525. The van der Waals surface area contributed by atoms with Gasteiger partial charge >= 0.3 is 0 Å². The monoisotopic (exact) mass is 323 g/mol. The third-order valence-electron chi connectivity index (χ3n) is 3.21. The molecule has 2 aromatic rings. The van der Waals surface area contributed by atoms with E-state index in [-0.39, 0.29) is 17.0 Å². The van der Waals surface area contributed by atoms with Crippen molar-refractivity contribution in [3.05, 3.63) is 62.7 Å². The van der Waals surface area contributed by atoms with Gasteiger partial charge < -0.3 is 14.6 Å². The van der Waals surface area contributed by atoms with Crippen molar-refractivity contribution < 1.29 is 19.5 Å². The molecule has 0 aliphatic rings. The summed E-state index contributed by atoms with van der Waals surface area (Å²) in [5, 5.41) is 22.2. The predicted molar refractivity (Wildman–Crippen MR) is 81.7 cm³/mol. The topological polar surface area (TPSA) is 81.8 Å². The summed E-state index contributed by atoms with van der Waals surface area (Å²) in [6.07, 6.45) is -1.18. The van der Waals surface area contributed by atoms with Crippen molar-refractivity contribution in [3.63, 3.8) is 0 Å². The molecule has 1 atom stereocenters. The zero-order valence-corrected chi connectivity index (χ0v) is 12.7. The maximum Gasteiger partial charge on any atom is 0.279 e. The van der Waals surface area contributed by atoms with Crippen LogP contribution in [0.25, 0.3) is 0 Å². The molecule has 0 aromatic heterocycles. The highest BCUT2D eigenvalue weighted by atomic mass is 35.5. The van der Waals surface area contributed by atoms with Crippen molar-refractivity contribution in [2.45, 2.75) is 6.10 Å². The highest BCUT2D eigenvalue weighted by Crippen LogP contribution is 2.39. The lowest BCUT2D eigenvalue weighted by Gasteiger charge is -2.15. The van der Waals surface area contributed by atoms with Crippen LogP contribution in [-0.2, 0) is 0 Å². The Hall–Kier alpha value is -2.31. The number of methoxy groups -OCH3 is 2. The van der Waals surface area contributed by atoms with Gasteiger partial charge in [0.2, 0.25) is 0 Å². The molecule has 0 fully saturated rings. The molecule has 22 heavy (non-hydrogen) atoms. The van der Waals surface area contributed by atoms with E-state index < -0.39 is 11.0 Å². The summed E-state index contributed by atoms with van der Waals surface area (Å²) < 4.78 is 10.2. The minimum atomic E-state index is -1.18. The van der Waals surface area contributed by atoms with E-state index in [1.165, 1.54) is 26.4 Å². The van der Waals surface area contributed by atoms with Crippen LogP contribution in [0, 0.1) is 10.1 Å². The minimum absolute atomic E-state index is 0.116. The van der Waals surface area contributed by atoms with Gasteiger partial charge in [-0.05, 0) is 23.8 Å². The zero-order chi connectivity index (χ0) is 16.3. The lowest BCUT2D eigenvalue weighted by Crippen LogP contribution is -2.05. The second kappa shape index (κ2) is 6.64. The molecule has 0 aliphatic carbocycles. The Morgan fingerprint density at radius 2 is 1.68 bits per heavy atom. The highest BCUT2D eigenvalue weighted by Gasteiger charge is 2.25. The second-order valence-electron chi connectivity index (χ2n) is 4.48. The summed E-state index contributed by atoms with van der Waals surface area (Å²) >= 11 is 5.80. The first-order valence-electron chi connectivity index (χ1n) is 6.31. The average molecular weight is 324 g/mol. The van der Waals surface area contributed by atoms with Gasteiger partial charge in [0.15, 0.2) is 11.5 Å². The number of nitro groups is 1. The van der Waals surface area contributed by atoms with Crippen molar-refractivity contribution in [2.75, 3.05) is 14.2 Å². The first-order chi connectivity index (χ1) is 10.5. The summed E-state index contributed by atoms with van der Waals surface area (Å²) in [5.41, 5.74) is 0.352. The number of nitro benzene ring substituents is 1. The summed E-state index contributed by atoms with van der Waals surface area (Å²) in [4.78, 5) is 10.7. The van der Waals surface area contributed by atoms with Gasteiger partial charge in [-0.25, -0.2) is 0 Å². The Bertz CT molecular complexity index is 687. The lowest BCUT2D eigenvalue weighted by molar-refractivity contribution is -0.386. The Labute approximate surface area is 132 Å². The molecule has 116 valence electrons. The molecule has 7 heteroatoms. The fraction of sp³-hybridized carbons (Fsp3) is 0.200. The summed E-state index contributed by atoms with van der Waals surface area (Å²) in [6.45, 7) is 0. The second-order valence-corrected chi connectivity index (χ2v) is 4.91. The number of aliphatic hydroxyl groups excluding tert-OH is 1. The Kier molecular flexibility index (Phi) is 4.85. The molecule has 2 aromatic carbocycles. The Morgan fingerprint density at radius 1 is 1.14 bits per heavy atom. The van der Waals surface area contributed by atoms with Crippen molar-refractivity contribution in [2.24, 2.45) is 0 Å². The van der Waals surface area contributed by atoms with E-state index in [1.807, 2.05) is 0 Å². The van der Waals surface area contributed by atoms with Gasteiger partial charge in [0.1, 0.15) is 6.10 Å². The molecule has 0 aliphatic heterocycles. The van der Waals surface area contributed by atoms with Crippen LogP contribution in [0.1, 0.15) is 17.2 Å². The van der Waals surface area contributed by atoms with E-state index in [0.717, 1.165) is 0 Å². The van der Waals surface area contributed by atoms with Crippen molar-refractivity contribution in [1.82, 2.24) is 0 Å². The molecule has 0 saturated carbocycles. The third kappa shape index (κ3) is 3.13. The van der Waals surface area contributed by atoms with Crippen molar-refractivity contribution >= 4 is 17.3 Å². The fourth-order valence-electron chi connectivity index (χ4n) is 2.09. The molecule has 0 amide bonds. The molecular weight excluding hydrogens is 310 g/mol. The predicted octanol–water partition coefficient (Wildman–Crippen LogP) is 3.35. The third-order valence-corrected chi connectivity index (χ3v) is 3.46. The zero-order valence-electron chi connectivity index (χ0n) is 11.9. The number of nitrogens with zero attached hydrogens (tertiary/aromatic N) is 1. The average Bonchev–Trinajstić information content (AvgIpc) is 2.53.